The Balaban J connectivity index is 2.10. The molecule has 0 saturated carbocycles. The van der Waals surface area contributed by atoms with Crippen LogP contribution in [-0.4, -0.2) is 44.8 Å². The van der Waals surface area contributed by atoms with Gasteiger partial charge in [-0.3, -0.25) is 4.79 Å². The molecule has 1 aliphatic rings. The molecule has 120 valence electrons. The van der Waals surface area contributed by atoms with Crippen LogP contribution in [0.1, 0.15) is 5.56 Å². The summed E-state index contributed by atoms with van der Waals surface area (Å²) in [6.07, 6.45) is 2.60. The van der Waals surface area contributed by atoms with Crippen molar-refractivity contribution in [2.24, 2.45) is 0 Å². The fourth-order valence-corrected chi connectivity index (χ4v) is 2.67. The first kappa shape index (κ1) is 16.3. The first-order valence-electron chi connectivity index (χ1n) is 6.61. The average molecular weight is 326 g/mol. The molecule has 0 aliphatic carbocycles. The van der Waals surface area contributed by atoms with Crippen molar-refractivity contribution in [1.82, 2.24) is 9.62 Å². The van der Waals surface area contributed by atoms with E-state index in [-0.39, 0.29) is 25.8 Å². The van der Waals surface area contributed by atoms with Crippen LogP contribution in [0.2, 0.25) is 0 Å². The summed E-state index contributed by atoms with van der Waals surface area (Å²) in [6, 6.07) is 5.17. The SMILES string of the molecule is C=CCNC(=O)CN(Cc1ccc2c(c1)OCO2)S(C)(=O)=O. The van der Waals surface area contributed by atoms with Crippen molar-refractivity contribution >= 4 is 15.9 Å². The minimum atomic E-state index is -3.52. The molecule has 0 saturated heterocycles. The van der Waals surface area contributed by atoms with Gasteiger partial charge in [0.25, 0.3) is 0 Å². The van der Waals surface area contributed by atoms with E-state index in [1.54, 1.807) is 18.2 Å². The third-order valence-corrected chi connectivity index (χ3v) is 4.22. The lowest BCUT2D eigenvalue weighted by atomic mass is 10.2. The molecule has 0 radical (unpaired) electrons. The maximum atomic E-state index is 11.8. The lowest BCUT2D eigenvalue weighted by Crippen LogP contribution is -2.39. The second-order valence-electron chi connectivity index (χ2n) is 4.81. The Hall–Kier alpha value is -2.06. The molecular weight excluding hydrogens is 308 g/mol. The van der Waals surface area contributed by atoms with Crippen molar-refractivity contribution in [3.05, 3.63) is 36.4 Å². The number of carbonyl (C=O) groups is 1. The van der Waals surface area contributed by atoms with Gasteiger partial charge >= 0.3 is 0 Å². The summed E-state index contributed by atoms with van der Waals surface area (Å²) in [5.74, 6) is 0.812. The lowest BCUT2D eigenvalue weighted by Gasteiger charge is -2.19. The second-order valence-corrected chi connectivity index (χ2v) is 6.79. The first-order valence-corrected chi connectivity index (χ1v) is 8.46. The number of carbonyl (C=O) groups excluding carboxylic acids is 1. The monoisotopic (exact) mass is 326 g/mol. The van der Waals surface area contributed by atoms with Crippen molar-refractivity contribution < 1.29 is 22.7 Å². The van der Waals surface area contributed by atoms with Crippen molar-refractivity contribution in [2.45, 2.75) is 6.54 Å². The molecule has 1 amide bonds. The zero-order valence-electron chi connectivity index (χ0n) is 12.2. The highest BCUT2D eigenvalue weighted by atomic mass is 32.2. The summed E-state index contributed by atoms with van der Waals surface area (Å²) in [6.45, 7) is 3.76. The van der Waals surface area contributed by atoms with E-state index in [2.05, 4.69) is 11.9 Å². The van der Waals surface area contributed by atoms with Crippen molar-refractivity contribution in [3.63, 3.8) is 0 Å². The summed E-state index contributed by atoms with van der Waals surface area (Å²) in [5.41, 5.74) is 0.714. The van der Waals surface area contributed by atoms with Crippen molar-refractivity contribution in [3.8, 4) is 11.5 Å². The summed E-state index contributed by atoms with van der Waals surface area (Å²) < 4.78 is 35.3. The fourth-order valence-electron chi connectivity index (χ4n) is 1.94. The maximum absolute atomic E-state index is 11.8. The van der Waals surface area contributed by atoms with Gasteiger partial charge in [0.2, 0.25) is 22.7 Å². The number of hydrogen-bond donors (Lipinski definition) is 1. The van der Waals surface area contributed by atoms with Crippen LogP contribution in [0.4, 0.5) is 0 Å². The smallest absolute Gasteiger partial charge is 0.235 e. The Bertz CT molecular complexity index is 672. The molecule has 0 unspecified atom stereocenters. The number of ether oxygens (including phenoxy) is 2. The minimum absolute atomic E-state index is 0.0803. The van der Waals surface area contributed by atoms with E-state index in [1.165, 1.54) is 6.08 Å². The van der Waals surface area contributed by atoms with Gasteiger partial charge in [0, 0.05) is 13.1 Å². The van der Waals surface area contributed by atoms with E-state index in [1.807, 2.05) is 0 Å². The van der Waals surface area contributed by atoms with Crippen molar-refractivity contribution in [1.29, 1.82) is 0 Å². The Morgan fingerprint density at radius 1 is 1.41 bits per heavy atom. The highest BCUT2D eigenvalue weighted by molar-refractivity contribution is 7.88. The van der Waals surface area contributed by atoms with E-state index in [4.69, 9.17) is 9.47 Å². The van der Waals surface area contributed by atoms with E-state index < -0.39 is 10.0 Å². The Labute approximate surface area is 129 Å². The molecule has 0 fully saturated rings. The van der Waals surface area contributed by atoms with E-state index in [0.717, 1.165) is 10.6 Å². The van der Waals surface area contributed by atoms with Gasteiger partial charge in [0.1, 0.15) is 0 Å². The number of nitrogens with one attached hydrogen (secondary N) is 1. The molecule has 1 N–H and O–H groups in total. The third kappa shape index (κ3) is 4.22. The van der Waals surface area contributed by atoms with E-state index >= 15 is 0 Å². The molecule has 0 bridgehead atoms. The number of rotatable bonds is 7. The number of nitrogens with zero attached hydrogens (tertiary/aromatic N) is 1. The standard InChI is InChI=1S/C14H18N2O5S/c1-3-6-15-14(17)9-16(22(2,18)19)8-11-4-5-12-13(7-11)21-10-20-12/h3-5,7H,1,6,8-10H2,2H3,(H,15,17). The quantitative estimate of drug-likeness (QED) is 0.737. The molecule has 0 atom stereocenters. The van der Waals surface area contributed by atoms with Crippen LogP contribution < -0.4 is 14.8 Å². The number of fused-ring (bicyclic) bond motifs is 1. The van der Waals surface area contributed by atoms with Gasteiger partial charge in [-0.05, 0) is 17.7 Å². The van der Waals surface area contributed by atoms with Gasteiger partial charge in [0.15, 0.2) is 11.5 Å². The van der Waals surface area contributed by atoms with Crippen LogP contribution in [0, 0.1) is 0 Å². The molecule has 8 heteroatoms. The zero-order valence-corrected chi connectivity index (χ0v) is 13.1. The lowest BCUT2D eigenvalue weighted by molar-refractivity contribution is -0.121. The normalized spacial score (nSPS) is 13.2. The highest BCUT2D eigenvalue weighted by Gasteiger charge is 2.21. The molecule has 0 spiro atoms. The molecular formula is C14H18N2O5S. The maximum Gasteiger partial charge on any atom is 0.235 e. The fraction of sp³-hybridized carbons (Fsp3) is 0.357. The average Bonchev–Trinajstić information content (AvgIpc) is 2.91. The topological polar surface area (TPSA) is 84.9 Å². The minimum Gasteiger partial charge on any atom is -0.454 e. The Morgan fingerprint density at radius 3 is 2.82 bits per heavy atom. The summed E-state index contributed by atoms with van der Waals surface area (Å²) in [5, 5.41) is 2.55. The molecule has 1 aromatic rings. The van der Waals surface area contributed by atoms with Crippen LogP contribution in [0.15, 0.2) is 30.9 Å². The van der Waals surface area contributed by atoms with Gasteiger partial charge in [-0.25, -0.2) is 8.42 Å². The number of benzene rings is 1. The van der Waals surface area contributed by atoms with E-state index in [0.29, 0.717) is 23.6 Å². The largest absolute Gasteiger partial charge is 0.454 e. The van der Waals surface area contributed by atoms with Crippen LogP contribution in [0.5, 0.6) is 11.5 Å². The molecule has 1 heterocycles. The molecule has 1 aromatic carbocycles. The third-order valence-electron chi connectivity index (χ3n) is 3.03. The van der Waals surface area contributed by atoms with E-state index in [9.17, 15) is 13.2 Å². The molecule has 0 aromatic heterocycles. The van der Waals surface area contributed by atoms with Crippen LogP contribution >= 0.6 is 0 Å². The molecule has 1 aliphatic heterocycles. The van der Waals surface area contributed by atoms with Crippen LogP contribution in [0.25, 0.3) is 0 Å². The zero-order chi connectivity index (χ0) is 16.2. The van der Waals surface area contributed by atoms with Gasteiger partial charge in [-0.1, -0.05) is 12.1 Å². The second kappa shape index (κ2) is 6.80. The van der Waals surface area contributed by atoms with Gasteiger partial charge in [-0.2, -0.15) is 4.31 Å². The number of amides is 1. The van der Waals surface area contributed by atoms with Crippen LogP contribution in [0.3, 0.4) is 0 Å². The summed E-state index contributed by atoms with van der Waals surface area (Å²) in [7, 11) is -3.52. The Kier molecular flexibility index (Phi) is 5.04. The number of hydrogen-bond acceptors (Lipinski definition) is 5. The van der Waals surface area contributed by atoms with Gasteiger partial charge in [-0.15, -0.1) is 6.58 Å². The number of sulfonamides is 1. The Morgan fingerprint density at radius 2 is 2.14 bits per heavy atom. The summed E-state index contributed by atoms with van der Waals surface area (Å²) in [4.78, 5) is 11.7. The molecule has 22 heavy (non-hydrogen) atoms. The first-order chi connectivity index (χ1) is 10.4. The van der Waals surface area contributed by atoms with Crippen molar-refractivity contribution in [2.75, 3.05) is 26.1 Å². The van der Waals surface area contributed by atoms with Gasteiger partial charge in [0.05, 0.1) is 12.8 Å². The predicted octanol–water partition coefficient (Wildman–Crippen LogP) is 0.479. The molecule has 2 rings (SSSR count). The van der Waals surface area contributed by atoms with Crippen LogP contribution in [-0.2, 0) is 21.4 Å². The molecule has 7 nitrogen and oxygen atoms in total. The predicted molar refractivity (Wildman–Crippen MR) is 81.0 cm³/mol. The van der Waals surface area contributed by atoms with Gasteiger partial charge < -0.3 is 14.8 Å². The highest BCUT2D eigenvalue weighted by Crippen LogP contribution is 2.32. The summed E-state index contributed by atoms with van der Waals surface area (Å²) >= 11 is 0.